The van der Waals surface area contributed by atoms with E-state index in [-0.39, 0.29) is 12.6 Å². The van der Waals surface area contributed by atoms with Crippen LogP contribution in [0.3, 0.4) is 0 Å². The number of nitrogens with zero attached hydrogens (tertiary/aromatic N) is 2. The molecule has 156 valence electrons. The van der Waals surface area contributed by atoms with Crippen LogP contribution in [0.2, 0.25) is 0 Å². The number of carbonyl (C=O) groups is 1. The van der Waals surface area contributed by atoms with Crippen molar-refractivity contribution < 1.29 is 19.4 Å². The molecule has 0 amide bonds. The molecule has 3 rings (SSSR count). The van der Waals surface area contributed by atoms with Gasteiger partial charge in [0.25, 0.3) is 0 Å². The highest BCUT2D eigenvalue weighted by Gasteiger charge is 2.26. The van der Waals surface area contributed by atoms with Gasteiger partial charge in [-0.05, 0) is 11.1 Å². The van der Waals surface area contributed by atoms with Crippen LogP contribution in [0, 0.1) is 0 Å². The molecule has 1 fully saturated rings. The highest BCUT2D eigenvalue weighted by molar-refractivity contribution is 5.67. The number of carboxylic acid groups (broad SMARTS) is 1. The fourth-order valence-corrected chi connectivity index (χ4v) is 3.70. The molecule has 0 spiro atoms. The lowest BCUT2D eigenvalue weighted by Gasteiger charge is -2.39. The van der Waals surface area contributed by atoms with Gasteiger partial charge in [-0.2, -0.15) is 0 Å². The Labute approximate surface area is 172 Å². The van der Waals surface area contributed by atoms with Gasteiger partial charge in [-0.3, -0.25) is 9.80 Å². The van der Waals surface area contributed by atoms with Gasteiger partial charge in [0.2, 0.25) is 0 Å². The van der Waals surface area contributed by atoms with Gasteiger partial charge in [-0.25, -0.2) is 4.79 Å². The van der Waals surface area contributed by atoms with E-state index in [0.717, 1.165) is 32.7 Å². The zero-order chi connectivity index (χ0) is 20.3. The van der Waals surface area contributed by atoms with E-state index in [1.54, 1.807) is 0 Å². The van der Waals surface area contributed by atoms with Crippen molar-refractivity contribution in [2.75, 3.05) is 59.2 Å². The van der Waals surface area contributed by atoms with E-state index in [9.17, 15) is 4.79 Å². The molecule has 0 unspecified atom stereocenters. The Kier molecular flexibility index (Phi) is 8.64. The van der Waals surface area contributed by atoms with Crippen LogP contribution >= 0.6 is 0 Å². The fraction of sp³-hybridized carbons (Fsp3) is 0.435. The highest BCUT2D eigenvalue weighted by atomic mass is 16.5. The number of ether oxygens (including phenoxy) is 2. The van der Waals surface area contributed by atoms with E-state index in [1.807, 2.05) is 0 Å². The SMILES string of the molecule is O=C(O)COCCOCCN1CCN(C(c2ccccc2)c2ccccc2)CC1. The number of hydrogen-bond donors (Lipinski definition) is 1. The summed E-state index contributed by atoms with van der Waals surface area (Å²) in [6, 6.07) is 21.7. The maximum absolute atomic E-state index is 10.4. The molecule has 1 heterocycles. The molecule has 1 aliphatic heterocycles. The molecular formula is C23H30N2O4. The third-order valence-corrected chi connectivity index (χ3v) is 5.15. The number of rotatable bonds is 11. The second-order valence-corrected chi connectivity index (χ2v) is 7.16. The Morgan fingerprint density at radius 1 is 0.828 bits per heavy atom. The van der Waals surface area contributed by atoms with Gasteiger partial charge in [0.15, 0.2) is 0 Å². The van der Waals surface area contributed by atoms with Crippen LogP contribution in [0.4, 0.5) is 0 Å². The van der Waals surface area contributed by atoms with Gasteiger partial charge >= 0.3 is 5.97 Å². The first-order valence-corrected chi connectivity index (χ1v) is 10.2. The number of piperazine rings is 1. The van der Waals surface area contributed by atoms with Gasteiger partial charge in [-0.15, -0.1) is 0 Å². The Morgan fingerprint density at radius 3 is 1.93 bits per heavy atom. The third-order valence-electron chi connectivity index (χ3n) is 5.15. The number of aliphatic carboxylic acids is 1. The molecule has 0 bridgehead atoms. The first kappa shape index (κ1) is 21.5. The van der Waals surface area contributed by atoms with Crippen molar-refractivity contribution in [1.82, 2.24) is 9.80 Å². The summed E-state index contributed by atoms with van der Waals surface area (Å²) in [5.41, 5.74) is 2.66. The molecule has 0 radical (unpaired) electrons. The molecule has 0 saturated carbocycles. The van der Waals surface area contributed by atoms with Crippen molar-refractivity contribution in [2.24, 2.45) is 0 Å². The summed E-state index contributed by atoms with van der Waals surface area (Å²) >= 11 is 0. The van der Waals surface area contributed by atoms with Crippen molar-refractivity contribution in [1.29, 1.82) is 0 Å². The second kappa shape index (κ2) is 11.7. The van der Waals surface area contributed by atoms with Crippen LogP contribution < -0.4 is 0 Å². The average molecular weight is 399 g/mol. The molecule has 2 aromatic carbocycles. The maximum Gasteiger partial charge on any atom is 0.329 e. The van der Waals surface area contributed by atoms with Crippen LogP contribution in [0.25, 0.3) is 0 Å². The third kappa shape index (κ3) is 6.94. The van der Waals surface area contributed by atoms with E-state index >= 15 is 0 Å². The monoisotopic (exact) mass is 398 g/mol. The van der Waals surface area contributed by atoms with Crippen molar-refractivity contribution >= 4 is 5.97 Å². The van der Waals surface area contributed by atoms with Gasteiger partial charge in [0, 0.05) is 32.7 Å². The molecule has 6 heteroatoms. The van der Waals surface area contributed by atoms with Gasteiger partial charge < -0.3 is 14.6 Å². The minimum atomic E-state index is -0.952. The van der Waals surface area contributed by atoms with Gasteiger partial charge in [-0.1, -0.05) is 60.7 Å². The summed E-state index contributed by atoms with van der Waals surface area (Å²) < 4.78 is 10.5. The highest BCUT2D eigenvalue weighted by Crippen LogP contribution is 2.29. The molecular weight excluding hydrogens is 368 g/mol. The number of benzene rings is 2. The summed E-state index contributed by atoms with van der Waals surface area (Å²) in [5, 5.41) is 8.52. The Bertz CT molecular complexity index is 679. The predicted molar refractivity (Wildman–Crippen MR) is 112 cm³/mol. The molecule has 6 nitrogen and oxygen atoms in total. The summed E-state index contributed by atoms with van der Waals surface area (Å²) in [6.07, 6.45) is 0. The number of hydrogen-bond acceptors (Lipinski definition) is 5. The summed E-state index contributed by atoms with van der Waals surface area (Å²) in [7, 11) is 0. The average Bonchev–Trinajstić information content (AvgIpc) is 2.76. The zero-order valence-corrected chi connectivity index (χ0v) is 16.8. The fourth-order valence-electron chi connectivity index (χ4n) is 3.70. The lowest BCUT2D eigenvalue weighted by Crippen LogP contribution is -2.48. The van der Waals surface area contributed by atoms with Gasteiger partial charge in [0.1, 0.15) is 6.61 Å². The van der Waals surface area contributed by atoms with E-state index < -0.39 is 5.97 Å². The Morgan fingerprint density at radius 2 is 1.38 bits per heavy atom. The van der Waals surface area contributed by atoms with Crippen molar-refractivity contribution in [3.63, 3.8) is 0 Å². The minimum Gasteiger partial charge on any atom is -0.480 e. The topological polar surface area (TPSA) is 62.2 Å². The molecule has 2 aromatic rings. The maximum atomic E-state index is 10.4. The summed E-state index contributed by atoms with van der Waals surface area (Å²) in [4.78, 5) is 15.3. The zero-order valence-electron chi connectivity index (χ0n) is 16.8. The van der Waals surface area contributed by atoms with E-state index in [4.69, 9.17) is 14.6 Å². The summed E-state index contributed by atoms with van der Waals surface area (Å²) in [6.45, 7) is 6.03. The minimum absolute atomic E-state index is 0.269. The smallest absolute Gasteiger partial charge is 0.329 e. The molecule has 0 atom stereocenters. The van der Waals surface area contributed by atoms with E-state index in [2.05, 4.69) is 70.5 Å². The van der Waals surface area contributed by atoms with E-state index in [1.165, 1.54) is 11.1 Å². The second-order valence-electron chi connectivity index (χ2n) is 7.16. The molecule has 1 saturated heterocycles. The van der Waals surface area contributed by atoms with E-state index in [0.29, 0.717) is 19.8 Å². The Hall–Kier alpha value is -2.25. The lowest BCUT2D eigenvalue weighted by molar-refractivity contribution is -0.142. The largest absolute Gasteiger partial charge is 0.480 e. The van der Waals surface area contributed by atoms with Crippen molar-refractivity contribution in [2.45, 2.75) is 6.04 Å². The predicted octanol–water partition coefficient (Wildman–Crippen LogP) is 2.51. The van der Waals surface area contributed by atoms with Crippen LogP contribution in [0.1, 0.15) is 17.2 Å². The molecule has 0 aliphatic carbocycles. The van der Waals surface area contributed by atoms with Gasteiger partial charge in [0.05, 0.1) is 25.9 Å². The first-order chi connectivity index (χ1) is 14.2. The standard InChI is InChI=1S/C23H30N2O4/c26-22(27)19-29-18-17-28-16-15-24-11-13-25(14-12-24)23(20-7-3-1-4-8-20)21-9-5-2-6-10-21/h1-10,23H,11-19H2,(H,26,27). The molecule has 29 heavy (non-hydrogen) atoms. The first-order valence-electron chi connectivity index (χ1n) is 10.2. The summed E-state index contributed by atoms with van der Waals surface area (Å²) in [5.74, 6) is -0.952. The Balaban J connectivity index is 1.45. The molecule has 1 aliphatic rings. The molecule has 0 aromatic heterocycles. The quantitative estimate of drug-likeness (QED) is 0.587. The van der Waals surface area contributed by atoms with Crippen LogP contribution in [0.5, 0.6) is 0 Å². The van der Waals surface area contributed by atoms with Crippen LogP contribution in [-0.2, 0) is 14.3 Å². The van der Waals surface area contributed by atoms with Crippen LogP contribution in [-0.4, -0.2) is 80.0 Å². The molecule has 1 N–H and O–H groups in total. The lowest BCUT2D eigenvalue weighted by atomic mass is 9.96. The van der Waals surface area contributed by atoms with Crippen molar-refractivity contribution in [3.8, 4) is 0 Å². The van der Waals surface area contributed by atoms with Crippen molar-refractivity contribution in [3.05, 3.63) is 71.8 Å². The number of carboxylic acids is 1. The van der Waals surface area contributed by atoms with Crippen LogP contribution in [0.15, 0.2) is 60.7 Å². The normalized spacial score (nSPS) is 15.6.